The number of nitrogens with one attached hydrogen (secondary N) is 2. The van der Waals surface area contributed by atoms with Gasteiger partial charge in [-0.05, 0) is 22.9 Å². The maximum absolute atomic E-state index is 11.9. The van der Waals surface area contributed by atoms with Crippen molar-refractivity contribution in [2.75, 3.05) is 5.32 Å². The summed E-state index contributed by atoms with van der Waals surface area (Å²) in [5, 5.41) is 9.79. The third-order valence-corrected chi connectivity index (χ3v) is 3.91. The van der Waals surface area contributed by atoms with Gasteiger partial charge in [-0.25, -0.2) is 4.79 Å². The van der Waals surface area contributed by atoms with Crippen LogP contribution in [0.2, 0.25) is 0 Å². The van der Waals surface area contributed by atoms with E-state index in [1.165, 1.54) is 5.56 Å². The van der Waals surface area contributed by atoms with Gasteiger partial charge in [0.25, 0.3) is 0 Å². The minimum Gasteiger partial charge on any atom is -0.340 e. The fourth-order valence-corrected chi connectivity index (χ4v) is 2.45. The van der Waals surface area contributed by atoms with E-state index in [4.69, 9.17) is 4.52 Å². The highest BCUT2D eigenvalue weighted by atomic mass is 32.2. The molecule has 7 heteroatoms. The van der Waals surface area contributed by atoms with Crippen molar-refractivity contribution in [1.82, 2.24) is 15.5 Å². The van der Waals surface area contributed by atoms with Gasteiger partial charge in [0.15, 0.2) is 5.82 Å². The molecule has 0 aliphatic rings. The quantitative estimate of drug-likeness (QED) is 0.853. The molecule has 2 amide bonds. The van der Waals surface area contributed by atoms with Crippen LogP contribution in [0.5, 0.6) is 0 Å². The summed E-state index contributed by atoms with van der Waals surface area (Å²) in [4.78, 5) is 15.9. The first-order valence-corrected chi connectivity index (χ1v) is 8.12. The molecule has 1 heterocycles. The van der Waals surface area contributed by atoms with Gasteiger partial charge in [-0.15, -0.1) is 0 Å². The van der Waals surface area contributed by atoms with Crippen molar-refractivity contribution >= 4 is 23.5 Å². The average molecular weight is 320 g/mol. The Morgan fingerprint density at radius 3 is 2.91 bits per heavy atom. The Hall–Kier alpha value is -2.02. The van der Waals surface area contributed by atoms with E-state index in [0.717, 1.165) is 11.4 Å². The summed E-state index contributed by atoms with van der Waals surface area (Å²) >= 11 is 1.87. The third-order valence-electron chi connectivity index (χ3n) is 2.74. The smallest absolute Gasteiger partial charge is 0.319 e. The summed E-state index contributed by atoms with van der Waals surface area (Å²) in [5.74, 6) is 1.86. The predicted octanol–water partition coefficient (Wildman–Crippen LogP) is 3.34. The summed E-state index contributed by atoms with van der Waals surface area (Å²) in [7, 11) is 0. The van der Waals surface area contributed by atoms with E-state index >= 15 is 0 Å². The van der Waals surface area contributed by atoms with Crippen LogP contribution in [0.4, 0.5) is 10.5 Å². The molecule has 0 fully saturated rings. The SMILES string of the molecule is Cc1nc(CNC(=O)Nc2cccc(CSC(C)C)c2)no1. The van der Waals surface area contributed by atoms with Gasteiger partial charge in [-0.3, -0.25) is 0 Å². The number of aryl methyl sites for hydroxylation is 1. The molecule has 118 valence electrons. The Labute approximate surface area is 134 Å². The highest BCUT2D eigenvalue weighted by molar-refractivity contribution is 7.99. The summed E-state index contributed by atoms with van der Waals surface area (Å²) < 4.78 is 4.84. The summed E-state index contributed by atoms with van der Waals surface area (Å²) in [6, 6.07) is 7.54. The van der Waals surface area contributed by atoms with Gasteiger partial charge in [0.2, 0.25) is 5.89 Å². The number of benzene rings is 1. The van der Waals surface area contributed by atoms with Crippen LogP contribution in [0.15, 0.2) is 28.8 Å². The van der Waals surface area contributed by atoms with Gasteiger partial charge < -0.3 is 15.2 Å². The highest BCUT2D eigenvalue weighted by Crippen LogP contribution is 2.19. The molecule has 0 aliphatic carbocycles. The first kappa shape index (κ1) is 16.4. The Kier molecular flexibility index (Phi) is 5.83. The first-order chi connectivity index (χ1) is 10.5. The van der Waals surface area contributed by atoms with Crippen LogP contribution in [0, 0.1) is 6.92 Å². The second-order valence-electron chi connectivity index (χ2n) is 5.10. The number of nitrogens with zero attached hydrogens (tertiary/aromatic N) is 2. The Morgan fingerprint density at radius 2 is 2.23 bits per heavy atom. The average Bonchev–Trinajstić information content (AvgIpc) is 2.89. The molecule has 6 nitrogen and oxygen atoms in total. The lowest BCUT2D eigenvalue weighted by Crippen LogP contribution is -2.28. The fraction of sp³-hybridized carbons (Fsp3) is 0.400. The highest BCUT2D eigenvalue weighted by Gasteiger charge is 2.06. The lowest BCUT2D eigenvalue weighted by molar-refractivity contribution is 0.251. The van der Waals surface area contributed by atoms with Crippen molar-refractivity contribution in [1.29, 1.82) is 0 Å². The number of thioether (sulfide) groups is 1. The molecule has 0 saturated heterocycles. The Morgan fingerprint density at radius 1 is 1.41 bits per heavy atom. The van der Waals surface area contributed by atoms with Crippen molar-refractivity contribution in [2.45, 2.75) is 38.3 Å². The van der Waals surface area contributed by atoms with Gasteiger partial charge in [0, 0.05) is 18.4 Å². The molecule has 0 unspecified atom stereocenters. The number of hydrogen-bond acceptors (Lipinski definition) is 5. The van der Waals surface area contributed by atoms with Gasteiger partial charge >= 0.3 is 6.03 Å². The molecule has 0 atom stereocenters. The standard InChI is InChI=1S/C15H20N4O2S/c1-10(2)22-9-12-5-4-6-13(7-12)18-15(20)16-8-14-17-11(3)21-19-14/h4-7,10H,8-9H2,1-3H3,(H2,16,18,20). The number of carbonyl (C=O) groups is 1. The van der Waals surface area contributed by atoms with Crippen molar-refractivity contribution < 1.29 is 9.32 Å². The molecule has 0 saturated carbocycles. The van der Waals surface area contributed by atoms with Crippen LogP contribution < -0.4 is 10.6 Å². The van der Waals surface area contributed by atoms with Crippen LogP contribution in [0.25, 0.3) is 0 Å². The van der Waals surface area contributed by atoms with Gasteiger partial charge in [0.1, 0.15) is 0 Å². The molecule has 2 aromatic rings. The van der Waals surface area contributed by atoms with E-state index in [-0.39, 0.29) is 12.6 Å². The van der Waals surface area contributed by atoms with Gasteiger partial charge in [-0.2, -0.15) is 16.7 Å². The molecule has 0 aliphatic heterocycles. The number of aromatic nitrogens is 2. The molecule has 1 aromatic carbocycles. The summed E-state index contributed by atoms with van der Waals surface area (Å²) in [5.41, 5.74) is 1.95. The summed E-state index contributed by atoms with van der Waals surface area (Å²) in [6.07, 6.45) is 0. The van der Waals surface area contributed by atoms with Crippen molar-refractivity contribution in [3.05, 3.63) is 41.5 Å². The maximum Gasteiger partial charge on any atom is 0.319 e. The van der Waals surface area contributed by atoms with Gasteiger partial charge in [-0.1, -0.05) is 31.1 Å². The number of urea groups is 1. The van der Waals surface area contributed by atoms with Crippen LogP contribution in [0.3, 0.4) is 0 Å². The van der Waals surface area contributed by atoms with E-state index in [0.29, 0.717) is 17.0 Å². The maximum atomic E-state index is 11.9. The number of hydrogen-bond donors (Lipinski definition) is 2. The number of amides is 2. The van der Waals surface area contributed by atoms with E-state index in [9.17, 15) is 4.79 Å². The van der Waals surface area contributed by atoms with Crippen molar-refractivity contribution in [2.24, 2.45) is 0 Å². The molecule has 0 bridgehead atoms. The van der Waals surface area contributed by atoms with Crippen molar-refractivity contribution in [3.8, 4) is 0 Å². The largest absolute Gasteiger partial charge is 0.340 e. The minimum atomic E-state index is -0.295. The predicted molar refractivity (Wildman–Crippen MR) is 87.8 cm³/mol. The molecular weight excluding hydrogens is 300 g/mol. The lowest BCUT2D eigenvalue weighted by atomic mass is 10.2. The molecule has 0 spiro atoms. The topological polar surface area (TPSA) is 80.0 Å². The van der Waals surface area contributed by atoms with Crippen LogP contribution in [-0.2, 0) is 12.3 Å². The second-order valence-corrected chi connectivity index (χ2v) is 6.66. The van der Waals surface area contributed by atoms with E-state index in [1.807, 2.05) is 30.0 Å². The number of carbonyl (C=O) groups excluding carboxylic acids is 1. The first-order valence-electron chi connectivity index (χ1n) is 7.07. The summed E-state index contributed by atoms with van der Waals surface area (Å²) in [6.45, 7) is 6.27. The molecule has 0 radical (unpaired) electrons. The number of rotatable bonds is 6. The molecule has 1 aromatic heterocycles. The fourth-order valence-electron chi connectivity index (χ4n) is 1.75. The molecular formula is C15H20N4O2S. The zero-order valence-electron chi connectivity index (χ0n) is 12.9. The Balaban J connectivity index is 1.84. The van der Waals surface area contributed by atoms with Crippen LogP contribution >= 0.6 is 11.8 Å². The zero-order chi connectivity index (χ0) is 15.9. The monoisotopic (exact) mass is 320 g/mol. The Bertz CT molecular complexity index is 628. The third kappa shape index (κ3) is 5.40. The van der Waals surface area contributed by atoms with E-state index < -0.39 is 0 Å². The van der Waals surface area contributed by atoms with Gasteiger partial charge in [0.05, 0.1) is 6.54 Å². The van der Waals surface area contributed by atoms with E-state index in [2.05, 4.69) is 40.7 Å². The molecule has 22 heavy (non-hydrogen) atoms. The molecule has 2 rings (SSSR count). The lowest BCUT2D eigenvalue weighted by Gasteiger charge is -2.09. The zero-order valence-corrected chi connectivity index (χ0v) is 13.7. The van der Waals surface area contributed by atoms with Crippen LogP contribution in [0.1, 0.15) is 31.1 Å². The van der Waals surface area contributed by atoms with E-state index in [1.54, 1.807) is 6.92 Å². The normalized spacial score (nSPS) is 10.7. The molecule has 2 N–H and O–H groups in total. The van der Waals surface area contributed by atoms with Crippen molar-refractivity contribution in [3.63, 3.8) is 0 Å². The van der Waals surface area contributed by atoms with Crippen LogP contribution in [-0.4, -0.2) is 21.4 Å². The second kappa shape index (κ2) is 7.84. The minimum absolute atomic E-state index is 0.228. The number of anilines is 1.